The second kappa shape index (κ2) is 10.2. The number of amides is 3. The van der Waals surface area contributed by atoms with Gasteiger partial charge in [0.25, 0.3) is 5.91 Å². The number of aliphatic hydroxyl groups excluding tert-OH is 1. The van der Waals surface area contributed by atoms with Crippen LogP contribution in [0.5, 0.6) is 5.75 Å². The molecule has 1 aliphatic rings. The van der Waals surface area contributed by atoms with Gasteiger partial charge in [-0.1, -0.05) is 12.7 Å². The van der Waals surface area contributed by atoms with Gasteiger partial charge in [0, 0.05) is 6.54 Å². The van der Waals surface area contributed by atoms with Crippen LogP contribution in [0.4, 0.5) is 29.3 Å². The molecule has 1 heterocycles. The first-order valence-electron chi connectivity index (χ1n) is 9.19. The first-order valence-corrected chi connectivity index (χ1v) is 9.19. The highest BCUT2D eigenvalue weighted by molar-refractivity contribution is 6.06. The summed E-state index contributed by atoms with van der Waals surface area (Å²) in [5, 5.41) is 13.4. The van der Waals surface area contributed by atoms with Crippen LogP contribution in [0.25, 0.3) is 0 Å². The van der Waals surface area contributed by atoms with Gasteiger partial charge < -0.3 is 24.8 Å². The summed E-state index contributed by atoms with van der Waals surface area (Å²) in [6.45, 7) is 3.31. The fourth-order valence-electron chi connectivity index (χ4n) is 3.05. The summed E-state index contributed by atoms with van der Waals surface area (Å²) in [6.07, 6.45) is -3.64. The molecule has 0 saturated carbocycles. The number of aliphatic hydroxyl groups is 1. The third-order valence-corrected chi connectivity index (χ3v) is 4.49. The van der Waals surface area contributed by atoms with Crippen molar-refractivity contribution in [3.05, 3.63) is 30.4 Å². The molecule has 3 N–H and O–H groups in total. The maximum atomic E-state index is 13.1. The minimum absolute atomic E-state index is 0.113. The van der Waals surface area contributed by atoms with E-state index < -0.39 is 35.8 Å². The van der Waals surface area contributed by atoms with Crippen molar-refractivity contribution in [1.82, 2.24) is 4.90 Å². The van der Waals surface area contributed by atoms with Crippen molar-refractivity contribution in [1.29, 1.82) is 0 Å². The summed E-state index contributed by atoms with van der Waals surface area (Å²) in [5.74, 6) is -3.07. The van der Waals surface area contributed by atoms with Gasteiger partial charge in [-0.2, -0.15) is 13.2 Å². The van der Waals surface area contributed by atoms with Gasteiger partial charge in [0.1, 0.15) is 12.4 Å². The number of carbonyl (C=O) groups is 3. The van der Waals surface area contributed by atoms with Gasteiger partial charge in [0.15, 0.2) is 0 Å². The third-order valence-electron chi connectivity index (χ3n) is 4.49. The summed E-state index contributed by atoms with van der Waals surface area (Å²) in [5.41, 5.74) is -0.737. The van der Waals surface area contributed by atoms with E-state index in [9.17, 15) is 32.7 Å². The second-order valence-electron chi connectivity index (χ2n) is 6.54. The van der Waals surface area contributed by atoms with E-state index in [2.05, 4.69) is 11.9 Å². The molecule has 0 aromatic heterocycles. The van der Waals surface area contributed by atoms with Gasteiger partial charge in [-0.25, -0.2) is 4.79 Å². The maximum absolute atomic E-state index is 13.1. The molecular formula is C19H22F3N3O6. The van der Waals surface area contributed by atoms with Crippen LogP contribution in [0.1, 0.15) is 23.2 Å². The molecule has 0 aliphatic carbocycles. The predicted molar refractivity (Wildman–Crippen MR) is 104 cm³/mol. The van der Waals surface area contributed by atoms with Gasteiger partial charge in [-0.15, -0.1) is 0 Å². The molecule has 0 bridgehead atoms. The lowest BCUT2D eigenvalue weighted by Gasteiger charge is -2.25. The average molecular weight is 445 g/mol. The molecule has 1 aromatic rings. The zero-order valence-electron chi connectivity index (χ0n) is 16.6. The number of nitrogens with one attached hydrogen (secondary N) is 2. The normalized spacial score (nSPS) is 15.9. The quantitative estimate of drug-likeness (QED) is 0.556. The number of carbonyl (C=O) groups excluding carboxylic acids is 3. The number of rotatable bonds is 7. The molecule has 1 fully saturated rings. The van der Waals surface area contributed by atoms with E-state index in [4.69, 9.17) is 9.47 Å². The van der Waals surface area contributed by atoms with Crippen molar-refractivity contribution in [2.24, 2.45) is 0 Å². The van der Waals surface area contributed by atoms with E-state index in [1.165, 1.54) is 11.0 Å². The smallest absolute Gasteiger partial charge is 0.471 e. The van der Waals surface area contributed by atoms with Crippen molar-refractivity contribution in [2.45, 2.75) is 25.1 Å². The molecule has 0 unspecified atom stereocenters. The van der Waals surface area contributed by atoms with Gasteiger partial charge in [0.2, 0.25) is 0 Å². The molecule has 0 spiro atoms. The monoisotopic (exact) mass is 445 g/mol. The number of benzene rings is 1. The number of ether oxygens (including phenoxy) is 2. The number of anilines is 2. The SMILES string of the molecule is C=CCOC(=O)Nc1cc(NC(=O)C(F)(F)F)c(OC)cc1C(=O)N1CCC[C@H]1CO. The number of nitrogens with zero attached hydrogens (tertiary/aromatic N) is 1. The number of hydrogen-bond donors (Lipinski definition) is 3. The molecule has 3 amide bonds. The van der Waals surface area contributed by atoms with Gasteiger partial charge in [-0.05, 0) is 25.0 Å². The van der Waals surface area contributed by atoms with Crippen molar-refractivity contribution < 1.29 is 42.1 Å². The predicted octanol–water partition coefficient (Wildman–Crippen LogP) is 2.53. The van der Waals surface area contributed by atoms with Crippen LogP contribution in [0.15, 0.2) is 24.8 Å². The molecule has 1 atom stereocenters. The summed E-state index contributed by atoms with van der Waals surface area (Å²) in [4.78, 5) is 37.8. The Morgan fingerprint density at radius 3 is 2.58 bits per heavy atom. The largest absolute Gasteiger partial charge is 0.495 e. The third kappa shape index (κ3) is 5.87. The number of halogens is 3. The Labute approximate surface area is 175 Å². The Morgan fingerprint density at radius 1 is 1.29 bits per heavy atom. The highest BCUT2D eigenvalue weighted by Crippen LogP contribution is 2.34. The molecule has 170 valence electrons. The Morgan fingerprint density at radius 2 is 2.00 bits per heavy atom. The Kier molecular flexibility index (Phi) is 7.86. The highest BCUT2D eigenvalue weighted by Gasteiger charge is 2.39. The average Bonchev–Trinajstić information content (AvgIpc) is 3.20. The van der Waals surface area contributed by atoms with Gasteiger partial charge in [-0.3, -0.25) is 14.9 Å². The van der Waals surface area contributed by atoms with E-state index >= 15 is 0 Å². The zero-order chi connectivity index (χ0) is 23.2. The van der Waals surface area contributed by atoms with Crippen LogP contribution >= 0.6 is 0 Å². The van der Waals surface area contributed by atoms with Crippen LogP contribution in [0.2, 0.25) is 0 Å². The minimum Gasteiger partial charge on any atom is -0.495 e. The van der Waals surface area contributed by atoms with Crippen molar-refractivity contribution in [3.8, 4) is 5.75 Å². The van der Waals surface area contributed by atoms with Crippen molar-refractivity contribution in [2.75, 3.05) is 37.5 Å². The first kappa shape index (κ1) is 24.0. The van der Waals surface area contributed by atoms with Crippen LogP contribution in [0.3, 0.4) is 0 Å². The molecule has 1 aromatic carbocycles. The van der Waals surface area contributed by atoms with Crippen molar-refractivity contribution in [3.63, 3.8) is 0 Å². The molecule has 12 heteroatoms. The van der Waals surface area contributed by atoms with Crippen LogP contribution in [-0.4, -0.2) is 67.0 Å². The van der Waals surface area contributed by atoms with Crippen LogP contribution in [-0.2, 0) is 9.53 Å². The Bertz CT molecular complexity index is 859. The number of likely N-dealkylation sites (tertiary alicyclic amines) is 1. The van der Waals surface area contributed by atoms with E-state index in [-0.39, 0.29) is 30.2 Å². The van der Waals surface area contributed by atoms with E-state index in [1.54, 1.807) is 5.32 Å². The number of alkyl halides is 3. The lowest BCUT2D eigenvalue weighted by Crippen LogP contribution is -2.38. The minimum atomic E-state index is -5.17. The number of methoxy groups -OCH3 is 1. The Balaban J connectivity index is 2.48. The fourth-order valence-corrected chi connectivity index (χ4v) is 3.05. The van der Waals surface area contributed by atoms with E-state index in [0.29, 0.717) is 19.4 Å². The van der Waals surface area contributed by atoms with Crippen molar-refractivity contribution >= 4 is 29.3 Å². The summed E-state index contributed by atoms with van der Waals surface area (Å²) in [7, 11) is 1.14. The first-order chi connectivity index (χ1) is 14.6. The molecular weight excluding hydrogens is 423 g/mol. The topological polar surface area (TPSA) is 117 Å². The molecule has 2 rings (SSSR count). The molecule has 1 saturated heterocycles. The standard InChI is InChI=1S/C19H22F3N3O6/c1-3-7-31-18(29)24-13-9-14(23-17(28)19(20,21)22)15(30-2)8-12(13)16(27)25-6-4-5-11(25)10-26/h3,8-9,11,26H,1,4-7,10H2,2H3,(H,23,28)(H,24,29)/t11-/m0/s1. The molecule has 1 aliphatic heterocycles. The number of hydrogen-bond acceptors (Lipinski definition) is 6. The second-order valence-corrected chi connectivity index (χ2v) is 6.54. The zero-order valence-corrected chi connectivity index (χ0v) is 16.6. The maximum Gasteiger partial charge on any atom is 0.471 e. The van der Waals surface area contributed by atoms with E-state index in [0.717, 1.165) is 19.2 Å². The lowest BCUT2D eigenvalue weighted by atomic mass is 10.1. The van der Waals surface area contributed by atoms with E-state index in [1.807, 2.05) is 0 Å². The van der Waals surface area contributed by atoms with Gasteiger partial charge >= 0.3 is 18.2 Å². The summed E-state index contributed by atoms with van der Waals surface area (Å²) in [6, 6.07) is 1.63. The van der Waals surface area contributed by atoms with Crippen LogP contribution in [0, 0.1) is 0 Å². The molecule has 31 heavy (non-hydrogen) atoms. The molecule has 0 radical (unpaired) electrons. The summed E-state index contributed by atoms with van der Waals surface area (Å²) >= 11 is 0. The fraction of sp³-hybridized carbons (Fsp3) is 0.421. The van der Waals surface area contributed by atoms with Crippen LogP contribution < -0.4 is 15.4 Å². The molecule has 9 nitrogen and oxygen atoms in total. The Hall–Kier alpha value is -3.28. The summed E-state index contributed by atoms with van der Waals surface area (Å²) < 4.78 is 47.9. The highest BCUT2D eigenvalue weighted by atomic mass is 19.4. The van der Waals surface area contributed by atoms with Gasteiger partial charge in [0.05, 0.1) is 36.7 Å². The lowest BCUT2D eigenvalue weighted by molar-refractivity contribution is -0.167.